The predicted octanol–water partition coefficient (Wildman–Crippen LogP) is 3.79. The third kappa shape index (κ3) is 4.35. The SMILES string of the molecule is CC(=O)Nc1c(-c2ccccn2)nsc1C(=O)NC(C)c1ccc(F)cc1. The lowest BCUT2D eigenvalue weighted by molar-refractivity contribution is -0.114. The van der Waals surface area contributed by atoms with Gasteiger partial charge in [-0.2, -0.15) is 4.37 Å². The molecule has 0 aliphatic carbocycles. The Hall–Kier alpha value is -3.13. The Kier molecular flexibility index (Phi) is 5.56. The minimum Gasteiger partial charge on any atom is -0.345 e. The van der Waals surface area contributed by atoms with Crippen LogP contribution in [0.15, 0.2) is 48.7 Å². The second-order valence-corrected chi connectivity index (χ2v) is 6.65. The molecule has 0 radical (unpaired) electrons. The van der Waals surface area contributed by atoms with E-state index in [-0.39, 0.29) is 28.6 Å². The number of nitrogens with zero attached hydrogens (tertiary/aromatic N) is 2. The highest BCUT2D eigenvalue weighted by Crippen LogP contribution is 2.32. The van der Waals surface area contributed by atoms with E-state index < -0.39 is 0 Å². The molecule has 2 aromatic heterocycles. The van der Waals surface area contributed by atoms with Crippen LogP contribution in [-0.2, 0) is 4.79 Å². The van der Waals surface area contributed by atoms with Crippen LogP contribution in [0.4, 0.5) is 10.1 Å². The molecule has 27 heavy (non-hydrogen) atoms. The standard InChI is InChI=1S/C19H17FN4O2S/c1-11(13-6-8-14(20)9-7-13)22-19(26)18-17(23-12(2)25)16(24-27-18)15-5-3-4-10-21-15/h3-11H,1-2H3,(H,22,26)(H,23,25). The minimum absolute atomic E-state index is 0.278. The van der Waals surface area contributed by atoms with Gasteiger partial charge >= 0.3 is 0 Å². The quantitative estimate of drug-likeness (QED) is 0.701. The molecular weight excluding hydrogens is 367 g/mol. The zero-order valence-electron chi connectivity index (χ0n) is 14.7. The summed E-state index contributed by atoms with van der Waals surface area (Å²) in [5.41, 5.74) is 2.09. The van der Waals surface area contributed by atoms with E-state index in [1.54, 1.807) is 43.5 Å². The van der Waals surface area contributed by atoms with Crippen molar-refractivity contribution in [1.29, 1.82) is 0 Å². The van der Waals surface area contributed by atoms with Gasteiger partial charge < -0.3 is 10.6 Å². The fourth-order valence-electron chi connectivity index (χ4n) is 2.51. The molecule has 8 heteroatoms. The van der Waals surface area contributed by atoms with E-state index in [1.807, 2.05) is 0 Å². The van der Waals surface area contributed by atoms with Crippen LogP contribution < -0.4 is 10.6 Å². The Morgan fingerprint density at radius 3 is 2.52 bits per heavy atom. The van der Waals surface area contributed by atoms with Crippen LogP contribution in [0.3, 0.4) is 0 Å². The molecular formula is C19H17FN4O2S. The van der Waals surface area contributed by atoms with Gasteiger partial charge in [-0.1, -0.05) is 18.2 Å². The maximum absolute atomic E-state index is 13.1. The van der Waals surface area contributed by atoms with Crippen molar-refractivity contribution in [2.24, 2.45) is 0 Å². The molecule has 3 rings (SSSR count). The van der Waals surface area contributed by atoms with Gasteiger partial charge in [-0.3, -0.25) is 14.6 Å². The van der Waals surface area contributed by atoms with E-state index in [0.717, 1.165) is 17.1 Å². The third-order valence-corrected chi connectivity index (χ3v) is 4.67. The summed E-state index contributed by atoms with van der Waals surface area (Å²) in [6, 6.07) is 10.9. The van der Waals surface area contributed by atoms with E-state index in [2.05, 4.69) is 20.0 Å². The van der Waals surface area contributed by atoms with Crippen LogP contribution in [0.25, 0.3) is 11.4 Å². The van der Waals surface area contributed by atoms with Gasteiger partial charge in [0, 0.05) is 13.1 Å². The lowest BCUT2D eigenvalue weighted by atomic mass is 10.1. The number of rotatable bonds is 5. The Labute approximate surface area is 159 Å². The van der Waals surface area contributed by atoms with E-state index in [0.29, 0.717) is 17.1 Å². The second-order valence-electron chi connectivity index (χ2n) is 5.88. The molecule has 138 valence electrons. The molecule has 1 aromatic carbocycles. The van der Waals surface area contributed by atoms with Gasteiger partial charge in [-0.25, -0.2) is 4.39 Å². The summed E-state index contributed by atoms with van der Waals surface area (Å²) >= 11 is 0.984. The maximum atomic E-state index is 13.1. The molecule has 0 spiro atoms. The van der Waals surface area contributed by atoms with Crippen molar-refractivity contribution in [2.45, 2.75) is 19.9 Å². The normalized spacial score (nSPS) is 11.7. The summed E-state index contributed by atoms with van der Waals surface area (Å²) in [7, 11) is 0. The first-order chi connectivity index (χ1) is 13.0. The Bertz CT molecular complexity index is 958. The average molecular weight is 384 g/mol. The highest BCUT2D eigenvalue weighted by Gasteiger charge is 2.23. The van der Waals surface area contributed by atoms with Crippen molar-refractivity contribution in [3.05, 3.63) is 64.9 Å². The van der Waals surface area contributed by atoms with E-state index in [4.69, 9.17) is 0 Å². The van der Waals surface area contributed by atoms with E-state index in [1.165, 1.54) is 19.1 Å². The van der Waals surface area contributed by atoms with Gasteiger partial charge in [-0.15, -0.1) is 0 Å². The zero-order valence-corrected chi connectivity index (χ0v) is 15.5. The van der Waals surface area contributed by atoms with Crippen molar-refractivity contribution in [3.8, 4) is 11.4 Å². The second kappa shape index (κ2) is 8.05. The van der Waals surface area contributed by atoms with Crippen LogP contribution in [0, 0.1) is 5.82 Å². The summed E-state index contributed by atoms with van der Waals surface area (Å²) in [6.07, 6.45) is 1.61. The lowest BCUT2D eigenvalue weighted by Gasteiger charge is -2.14. The highest BCUT2D eigenvalue weighted by molar-refractivity contribution is 7.09. The van der Waals surface area contributed by atoms with Gasteiger partial charge in [0.2, 0.25) is 5.91 Å². The van der Waals surface area contributed by atoms with Crippen LogP contribution >= 0.6 is 11.5 Å². The molecule has 6 nitrogen and oxygen atoms in total. The Balaban J connectivity index is 1.88. The number of carbonyl (C=O) groups excluding carboxylic acids is 2. The number of nitrogens with one attached hydrogen (secondary N) is 2. The molecule has 0 aliphatic heterocycles. The van der Waals surface area contributed by atoms with Gasteiger partial charge in [-0.05, 0) is 48.3 Å². The fraction of sp³-hybridized carbons (Fsp3) is 0.158. The molecule has 0 saturated heterocycles. The molecule has 2 amide bonds. The Morgan fingerprint density at radius 2 is 1.89 bits per heavy atom. The highest BCUT2D eigenvalue weighted by atomic mass is 32.1. The number of anilines is 1. The average Bonchev–Trinajstić information content (AvgIpc) is 3.06. The van der Waals surface area contributed by atoms with Crippen molar-refractivity contribution in [1.82, 2.24) is 14.7 Å². The molecule has 3 aromatic rings. The molecule has 0 bridgehead atoms. The topological polar surface area (TPSA) is 84.0 Å². The van der Waals surface area contributed by atoms with Crippen LogP contribution in [0.1, 0.15) is 35.1 Å². The molecule has 1 atom stereocenters. The van der Waals surface area contributed by atoms with Crippen LogP contribution in [0.5, 0.6) is 0 Å². The first-order valence-electron chi connectivity index (χ1n) is 8.20. The van der Waals surface area contributed by atoms with Crippen molar-refractivity contribution in [3.63, 3.8) is 0 Å². The van der Waals surface area contributed by atoms with Gasteiger partial charge in [0.05, 0.1) is 17.4 Å². The number of pyridine rings is 1. The summed E-state index contributed by atoms with van der Waals surface area (Å²) in [6.45, 7) is 3.16. The molecule has 2 N–H and O–H groups in total. The van der Waals surface area contributed by atoms with Crippen molar-refractivity contribution < 1.29 is 14.0 Å². The number of amides is 2. The largest absolute Gasteiger partial charge is 0.345 e. The first-order valence-corrected chi connectivity index (χ1v) is 8.98. The molecule has 1 unspecified atom stereocenters. The lowest BCUT2D eigenvalue weighted by Crippen LogP contribution is -2.27. The number of hydrogen-bond donors (Lipinski definition) is 2. The van der Waals surface area contributed by atoms with Gasteiger partial charge in [0.25, 0.3) is 5.91 Å². The fourth-order valence-corrected chi connectivity index (χ4v) is 3.26. The van der Waals surface area contributed by atoms with E-state index >= 15 is 0 Å². The molecule has 0 fully saturated rings. The molecule has 2 heterocycles. The predicted molar refractivity (Wildman–Crippen MR) is 102 cm³/mol. The monoisotopic (exact) mass is 384 g/mol. The number of aromatic nitrogens is 2. The molecule has 0 aliphatic rings. The van der Waals surface area contributed by atoms with Gasteiger partial charge in [0.15, 0.2) is 0 Å². The summed E-state index contributed by atoms with van der Waals surface area (Å²) in [4.78, 5) is 28.9. The van der Waals surface area contributed by atoms with E-state index in [9.17, 15) is 14.0 Å². The Morgan fingerprint density at radius 1 is 1.15 bits per heavy atom. The number of halogens is 1. The number of carbonyl (C=O) groups is 2. The smallest absolute Gasteiger partial charge is 0.265 e. The minimum atomic E-state index is -0.379. The summed E-state index contributed by atoms with van der Waals surface area (Å²) < 4.78 is 17.4. The zero-order chi connectivity index (χ0) is 19.4. The summed E-state index contributed by atoms with van der Waals surface area (Å²) in [5.74, 6) is -1.03. The number of benzene rings is 1. The van der Waals surface area contributed by atoms with Crippen LogP contribution in [-0.4, -0.2) is 21.2 Å². The van der Waals surface area contributed by atoms with Gasteiger partial charge in [0.1, 0.15) is 16.4 Å². The summed E-state index contributed by atoms with van der Waals surface area (Å²) in [5, 5.41) is 5.53. The van der Waals surface area contributed by atoms with Crippen LogP contribution in [0.2, 0.25) is 0 Å². The number of hydrogen-bond acceptors (Lipinski definition) is 5. The third-order valence-electron chi connectivity index (χ3n) is 3.82. The van der Waals surface area contributed by atoms with Crippen molar-refractivity contribution >= 4 is 29.0 Å². The molecule has 0 saturated carbocycles. The van der Waals surface area contributed by atoms with Crippen molar-refractivity contribution in [2.75, 3.05) is 5.32 Å². The first kappa shape index (κ1) is 18.7. The maximum Gasteiger partial charge on any atom is 0.265 e.